The molecule has 1 unspecified atom stereocenters. The van der Waals surface area contributed by atoms with E-state index in [1.54, 1.807) is 0 Å². The van der Waals surface area contributed by atoms with Crippen molar-refractivity contribution in [2.45, 2.75) is 25.4 Å². The Labute approximate surface area is 102 Å². The normalized spacial score (nSPS) is 20.5. The van der Waals surface area contributed by atoms with Crippen LogP contribution in [0.3, 0.4) is 0 Å². The first-order valence-electron chi connectivity index (χ1n) is 5.50. The zero-order valence-electron chi connectivity index (χ0n) is 9.48. The van der Waals surface area contributed by atoms with Crippen molar-refractivity contribution < 1.29 is 22.7 Å². The van der Waals surface area contributed by atoms with E-state index >= 15 is 0 Å². The van der Waals surface area contributed by atoms with E-state index in [-0.39, 0.29) is 18.9 Å². The molecule has 1 aliphatic heterocycles. The number of carbonyl (C=O) groups excluding carboxylic acids is 1. The summed E-state index contributed by atoms with van der Waals surface area (Å²) in [7, 11) is 0. The molecular formula is C12H12F3NO2. The second-order valence-electron chi connectivity index (χ2n) is 4.15. The highest BCUT2D eigenvalue weighted by molar-refractivity contribution is 5.79. The van der Waals surface area contributed by atoms with Gasteiger partial charge in [-0.25, -0.2) is 0 Å². The average Bonchev–Trinajstić information content (AvgIpc) is 2.58. The van der Waals surface area contributed by atoms with Crippen molar-refractivity contribution in [3.05, 3.63) is 35.9 Å². The van der Waals surface area contributed by atoms with Crippen LogP contribution in [0.4, 0.5) is 13.2 Å². The number of alkyl halides is 3. The monoisotopic (exact) mass is 259 g/mol. The van der Waals surface area contributed by atoms with Gasteiger partial charge >= 0.3 is 6.36 Å². The maximum atomic E-state index is 12.0. The number of hydrogen-bond acceptors (Lipinski definition) is 2. The van der Waals surface area contributed by atoms with E-state index in [1.807, 2.05) is 30.3 Å². The summed E-state index contributed by atoms with van der Waals surface area (Å²) in [4.78, 5) is 12.9. The predicted molar refractivity (Wildman–Crippen MR) is 57.4 cm³/mol. The molecule has 2 rings (SSSR count). The van der Waals surface area contributed by atoms with E-state index in [9.17, 15) is 18.0 Å². The Balaban J connectivity index is 1.94. The van der Waals surface area contributed by atoms with Crippen molar-refractivity contribution in [2.75, 3.05) is 6.54 Å². The molecule has 1 heterocycles. The molecule has 0 spiro atoms. The van der Waals surface area contributed by atoms with Gasteiger partial charge in [0, 0.05) is 13.1 Å². The summed E-state index contributed by atoms with van der Waals surface area (Å²) in [6.07, 6.45) is -6.00. The first kappa shape index (κ1) is 12.9. The van der Waals surface area contributed by atoms with Crippen LogP contribution in [-0.2, 0) is 16.1 Å². The third kappa shape index (κ3) is 3.46. The number of halogens is 3. The zero-order valence-corrected chi connectivity index (χ0v) is 9.48. The van der Waals surface area contributed by atoms with E-state index in [1.165, 1.54) is 4.90 Å². The molecule has 0 radical (unpaired) electrons. The van der Waals surface area contributed by atoms with Crippen LogP contribution in [0.15, 0.2) is 30.3 Å². The number of nitrogens with zero attached hydrogens (tertiary/aromatic N) is 1. The first-order chi connectivity index (χ1) is 8.44. The minimum absolute atomic E-state index is 0.0206. The predicted octanol–water partition coefficient (Wildman–Crippen LogP) is 2.32. The quantitative estimate of drug-likeness (QED) is 0.833. The van der Waals surface area contributed by atoms with Gasteiger partial charge in [0.15, 0.2) is 0 Å². The number of benzene rings is 1. The Kier molecular flexibility index (Phi) is 3.56. The van der Waals surface area contributed by atoms with Crippen molar-refractivity contribution in [1.29, 1.82) is 0 Å². The highest BCUT2D eigenvalue weighted by Gasteiger charge is 2.39. The van der Waals surface area contributed by atoms with Crippen LogP contribution in [0.25, 0.3) is 0 Å². The highest BCUT2D eigenvalue weighted by atomic mass is 19.4. The number of amides is 1. The van der Waals surface area contributed by atoms with Gasteiger partial charge in [0.05, 0.1) is 12.5 Å². The molecule has 18 heavy (non-hydrogen) atoms. The van der Waals surface area contributed by atoms with Gasteiger partial charge in [-0.3, -0.25) is 9.53 Å². The van der Waals surface area contributed by atoms with Crippen LogP contribution in [0.5, 0.6) is 0 Å². The first-order valence-corrected chi connectivity index (χ1v) is 5.50. The Morgan fingerprint density at radius 2 is 1.94 bits per heavy atom. The third-order valence-electron chi connectivity index (χ3n) is 2.70. The van der Waals surface area contributed by atoms with Gasteiger partial charge in [0.2, 0.25) is 5.91 Å². The lowest BCUT2D eigenvalue weighted by atomic mass is 10.2. The van der Waals surface area contributed by atoms with Gasteiger partial charge in [0.1, 0.15) is 0 Å². The minimum atomic E-state index is -4.69. The maximum absolute atomic E-state index is 12.0. The molecule has 1 atom stereocenters. The van der Waals surface area contributed by atoms with E-state index in [0.717, 1.165) is 5.56 Å². The van der Waals surface area contributed by atoms with Gasteiger partial charge in [-0.1, -0.05) is 30.3 Å². The highest BCUT2D eigenvalue weighted by Crippen LogP contribution is 2.25. The molecule has 1 amide bonds. The number of likely N-dealkylation sites (tertiary alicyclic amines) is 1. The van der Waals surface area contributed by atoms with E-state index in [2.05, 4.69) is 4.74 Å². The molecule has 0 aromatic heterocycles. The fourth-order valence-electron chi connectivity index (χ4n) is 1.96. The smallest absolute Gasteiger partial charge is 0.336 e. The largest absolute Gasteiger partial charge is 0.522 e. The lowest BCUT2D eigenvalue weighted by Crippen LogP contribution is -2.28. The molecule has 1 aromatic carbocycles. The van der Waals surface area contributed by atoms with E-state index in [0.29, 0.717) is 6.54 Å². The van der Waals surface area contributed by atoms with Crippen LogP contribution in [0.1, 0.15) is 12.0 Å². The Morgan fingerprint density at radius 3 is 2.56 bits per heavy atom. The molecule has 0 saturated carbocycles. The maximum Gasteiger partial charge on any atom is 0.522 e. The second kappa shape index (κ2) is 4.97. The lowest BCUT2D eigenvalue weighted by molar-refractivity contribution is -0.340. The third-order valence-corrected chi connectivity index (χ3v) is 2.70. The Hall–Kier alpha value is -1.56. The second-order valence-corrected chi connectivity index (χ2v) is 4.15. The Bertz CT molecular complexity index is 419. The summed E-state index contributed by atoms with van der Waals surface area (Å²) >= 11 is 0. The van der Waals surface area contributed by atoms with Crippen molar-refractivity contribution in [3.63, 3.8) is 0 Å². The molecule has 3 nitrogen and oxygen atoms in total. The average molecular weight is 259 g/mol. The fourth-order valence-corrected chi connectivity index (χ4v) is 1.96. The van der Waals surface area contributed by atoms with Crippen molar-refractivity contribution >= 4 is 5.91 Å². The molecule has 0 bridgehead atoms. The van der Waals surface area contributed by atoms with Gasteiger partial charge < -0.3 is 4.90 Å². The number of carbonyl (C=O) groups is 1. The van der Waals surface area contributed by atoms with E-state index in [4.69, 9.17) is 0 Å². The van der Waals surface area contributed by atoms with Gasteiger partial charge in [0.25, 0.3) is 0 Å². The minimum Gasteiger partial charge on any atom is -0.336 e. The van der Waals surface area contributed by atoms with Crippen molar-refractivity contribution in [1.82, 2.24) is 4.90 Å². The lowest BCUT2D eigenvalue weighted by Gasteiger charge is -2.17. The number of rotatable bonds is 3. The van der Waals surface area contributed by atoms with Crippen molar-refractivity contribution in [2.24, 2.45) is 0 Å². The summed E-state index contributed by atoms with van der Waals surface area (Å²) in [5, 5.41) is 0. The molecule has 1 aliphatic rings. The summed E-state index contributed by atoms with van der Waals surface area (Å²) in [6, 6.07) is 9.13. The standard InChI is InChI=1S/C12H12F3NO2/c13-12(14,15)18-10-6-11(17)16(8-10)7-9-4-2-1-3-5-9/h1-5,10H,6-8H2. The van der Waals surface area contributed by atoms with E-state index < -0.39 is 12.5 Å². The summed E-state index contributed by atoms with van der Waals surface area (Å²) < 4.78 is 40.0. The molecule has 0 N–H and O–H groups in total. The number of ether oxygens (including phenoxy) is 1. The molecule has 6 heteroatoms. The zero-order chi connectivity index (χ0) is 13.2. The molecule has 0 aliphatic carbocycles. The van der Waals surface area contributed by atoms with Crippen LogP contribution in [0, 0.1) is 0 Å². The summed E-state index contributed by atoms with van der Waals surface area (Å²) in [5.74, 6) is -0.312. The molecule has 1 aromatic rings. The molecule has 1 saturated heterocycles. The Morgan fingerprint density at radius 1 is 1.28 bits per heavy atom. The van der Waals surface area contributed by atoms with Crippen LogP contribution in [0.2, 0.25) is 0 Å². The molecule has 98 valence electrons. The van der Waals surface area contributed by atoms with Crippen LogP contribution >= 0.6 is 0 Å². The number of hydrogen-bond donors (Lipinski definition) is 0. The summed E-state index contributed by atoms with van der Waals surface area (Å²) in [6.45, 7) is 0.296. The molecular weight excluding hydrogens is 247 g/mol. The van der Waals surface area contributed by atoms with Gasteiger partial charge in [-0.15, -0.1) is 13.2 Å². The van der Waals surface area contributed by atoms with Gasteiger partial charge in [-0.05, 0) is 5.56 Å². The topological polar surface area (TPSA) is 29.5 Å². The molecule has 1 fully saturated rings. The van der Waals surface area contributed by atoms with Crippen LogP contribution in [-0.4, -0.2) is 29.8 Å². The summed E-state index contributed by atoms with van der Waals surface area (Å²) in [5.41, 5.74) is 0.888. The SMILES string of the molecule is O=C1CC(OC(F)(F)F)CN1Cc1ccccc1. The van der Waals surface area contributed by atoms with Crippen molar-refractivity contribution in [3.8, 4) is 0 Å². The van der Waals surface area contributed by atoms with Crippen LogP contribution < -0.4 is 0 Å². The fraction of sp³-hybridized carbons (Fsp3) is 0.417. The van der Waals surface area contributed by atoms with Gasteiger partial charge in [-0.2, -0.15) is 0 Å².